The summed E-state index contributed by atoms with van der Waals surface area (Å²) in [6.07, 6.45) is 1.71. The summed E-state index contributed by atoms with van der Waals surface area (Å²) >= 11 is 0. The van der Waals surface area contributed by atoms with Crippen molar-refractivity contribution in [3.8, 4) is 5.75 Å². The molecule has 0 saturated heterocycles. The molecule has 0 radical (unpaired) electrons. The van der Waals surface area contributed by atoms with Crippen LogP contribution in [0, 0.1) is 26.7 Å². The number of carbonyl (C=O) groups excluding carboxylic acids is 2. The first-order valence-corrected chi connectivity index (χ1v) is 14.0. The van der Waals surface area contributed by atoms with Crippen molar-refractivity contribution in [1.82, 2.24) is 5.32 Å². The van der Waals surface area contributed by atoms with Crippen LogP contribution in [0.25, 0.3) is 0 Å². The summed E-state index contributed by atoms with van der Waals surface area (Å²) in [5, 5.41) is 3.73. The molecular formula is C34H39NO5. The molecule has 40 heavy (non-hydrogen) atoms. The molecular weight excluding hydrogens is 502 g/mol. The van der Waals surface area contributed by atoms with Crippen LogP contribution in [0.4, 0.5) is 0 Å². The molecule has 6 nitrogen and oxygen atoms in total. The lowest BCUT2D eigenvalue weighted by Crippen LogP contribution is -2.60. The summed E-state index contributed by atoms with van der Waals surface area (Å²) in [7, 11) is 3.05. The van der Waals surface area contributed by atoms with Crippen LogP contribution >= 0.6 is 0 Å². The average Bonchev–Trinajstić information content (AvgIpc) is 3.35. The Balaban J connectivity index is 1.83. The Labute approximate surface area is 237 Å². The van der Waals surface area contributed by atoms with Gasteiger partial charge in [-0.3, -0.25) is 14.9 Å². The molecule has 0 spiro atoms. The normalized spacial score (nSPS) is 25.7. The maximum atomic E-state index is 15.1. The monoisotopic (exact) mass is 541 g/mol. The minimum atomic E-state index is -1.31. The number of rotatable bonds is 9. The third-order valence-corrected chi connectivity index (χ3v) is 8.74. The highest BCUT2D eigenvalue weighted by Gasteiger charge is 2.78. The van der Waals surface area contributed by atoms with E-state index in [1.807, 2.05) is 88.4 Å². The predicted molar refractivity (Wildman–Crippen MR) is 154 cm³/mol. The molecule has 3 aromatic carbocycles. The summed E-state index contributed by atoms with van der Waals surface area (Å²) in [4.78, 5) is 28.6. The van der Waals surface area contributed by atoms with Gasteiger partial charge in [0.15, 0.2) is 16.9 Å². The van der Waals surface area contributed by atoms with Crippen LogP contribution in [0.15, 0.2) is 66.7 Å². The fourth-order valence-electron chi connectivity index (χ4n) is 6.95. The first-order valence-electron chi connectivity index (χ1n) is 14.0. The number of benzene rings is 3. The van der Waals surface area contributed by atoms with E-state index in [-0.39, 0.29) is 11.9 Å². The molecule has 1 aliphatic heterocycles. The van der Waals surface area contributed by atoms with Gasteiger partial charge in [0.1, 0.15) is 11.7 Å². The largest absolute Gasteiger partial charge is 0.479 e. The number of ether oxygens (including phenoxy) is 3. The maximum Gasteiger partial charge on any atom is 0.317 e. The van der Waals surface area contributed by atoms with Gasteiger partial charge in [-0.05, 0) is 75.4 Å². The van der Waals surface area contributed by atoms with Gasteiger partial charge in [0, 0.05) is 12.7 Å². The molecule has 5 rings (SSSR count). The minimum Gasteiger partial charge on any atom is -0.479 e. The van der Waals surface area contributed by atoms with Crippen molar-refractivity contribution < 1.29 is 23.8 Å². The number of carbonyl (C=O) groups is 2. The summed E-state index contributed by atoms with van der Waals surface area (Å²) < 4.78 is 17.9. The number of nitrogens with one attached hydrogen (secondary N) is 1. The van der Waals surface area contributed by atoms with Gasteiger partial charge in [-0.2, -0.15) is 0 Å². The van der Waals surface area contributed by atoms with Gasteiger partial charge < -0.3 is 14.2 Å². The number of ketones is 1. The lowest BCUT2D eigenvalue weighted by atomic mass is 9.68. The Hall–Kier alpha value is -3.48. The van der Waals surface area contributed by atoms with Gasteiger partial charge in [-0.1, -0.05) is 66.2 Å². The van der Waals surface area contributed by atoms with Crippen molar-refractivity contribution in [2.75, 3.05) is 20.8 Å². The van der Waals surface area contributed by atoms with E-state index in [2.05, 4.69) is 11.4 Å². The van der Waals surface area contributed by atoms with Crippen molar-refractivity contribution in [3.63, 3.8) is 0 Å². The van der Waals surface area contributed by atoms with Crippen molar-refractivity contribution in [3.05, 3.63) is 100 Å². The standard InChI is InChI=1S/C34H39NO5/c1-21-14-16-26(17-15-21)34-30(25-12-8-7-9-13-25)28(32(37)39-6)31(36)33(34,35-18-10-11-24(4)38-5)29-23(3)19-22(2)20-27(29)40-34/h7-9,12-17,19-20,24,28,30,35H,10-11,18H2,1-6H3/t24?,28-,30-,33+,34+/m1/s1. The maximum absolute atomic E-state index is 15.1. The molecule has 1 N–H and O–H groups in total. The molecule has 1 saturated carbocycles. The third kappa shape index (κ3) is 4.16. The molecule has 1 aliphatic carbocycles. The Morgan fingerprint density at radius 3 is 2.35 bits per heavy atom. The van der Waals surface area contributed by atoms with Crippen LogP contribution in [0.3, 0.4) is 0 Å². The summed E-state index contributed by atoms with van der Waals surface area (Å²) in [6, 6.07) is 22.0. The zero-order valence-corrected chi connectivity index (χ0v) is 24.2. The highest BCUT2D eigenvalue weighted by atomic mass is 16.5. The molecule has 6 heteroatoms. The first-order chi connectivity index (χ1) is 19.2. The predicted octanol–water partition coefficient (Wildman–Crippen LogP) is 5.66. The first kappa shape index (κ1) is 28.1. The molecule has 210 valence electrons. The molecule has 0 amide bonds. The van der Waals surface area contributed by atoms with E-state index in [0.717, 1.165) is 46.2 Å². The fraction of sp³-hybridized carbons (Fsp3) is 0.412. The second kappa shape index (κ2) is 10.8. The van der Waals surface area contributed by atoms with Gasteiger partial charge >= 0.3 is 5.97 Å². The van der Waals surface area contributed by atoms with E-state index in [1.54, 1.807) is 7.11 Å². The van der Waals surface area contributed by atoms with Gasteiger partial charge in [-0.15, -0.1) is 0 Å². The number of methoxy groups -OCH3 is 2. The molecule has 5 atom stereocenters. The summed E-state index contributed by atoms with van der Waals surface area (Å²) in [5.74, 6) is -1.79. The third-order valence-electron chi connectivity index (χ3n) is 8.74. The smallest absolute Gasteiger partial charge is 0.317 e. The van der Waals surface area contributed by atoms with Gasteiger partial charge in [0.2, 0.25) is 0 Å². The number of esters is 1. The highest BCUT2D eigenvalue weighted by Crippen LogP contribution is 2.67. The summed E-state index contributed by atoms with van der Waals surface area (Å²) in [6.45, 7) is 8.66. The molecule has 1 fully saturated rings. The van der Waals surface area contributed by atoms with Crippen LogP contribution in [0.1, 0.15) is 59.1 Å². The van der Waals surface area contributed by atoms with Crippen LogP contribution in [-0.4, -0.2) is 38.6 Å². The van der Waals surface area contributed by atoms with Crippen molar-refractivity contribution >= 4 is 11.8 Å². The number of aryl methyl sites for hydroxylation is 3. The molecule has 3 aromatic rings. The Morgan fingerprint density at radius 1 is 1.00 bits per heavy atom. The minimum absolute atomic E-state index is 0.0943. The van der Waals surface area contributed by atoms with Crippen LogP contribution in [0.2, 0.25) is 0 Å². The lowest BCUT2D eigenvalue weighted by molar-refractivity contribution is -0.149. The van der Waals surface area contributed by atoms with E-state index in [9.17, 15) is 4.79 Å². The quantitative estimate of drug-likeness (QED) is 0.214. The summed E-state index contributed by atoms with van der Waals surface area (Å²) in [5.41, 5.74) is 3.05. The fourth-order valence-corrected chi connectivity index (χ4v) is 6.95. The number of fused-ring (bicyclic) bond motifs is 3. The van der Waals surface area contributed by atoms with Gasteiger partial charge in [0.05, 0.1) is 19.1 Å². The van der Waals surface area contributed by atoms with Crippen LogP contribution in [-0.2, 0) is 30.2 Å². The molecule has 1 unspecified atom stereocenters. The van der Waals surface area contributed by atoms with Crippen molar-refractivity contribution in [2.45, 2.75) is 63.7 Å². The second-order valence-corrected chi connectivity index (χ2v) is 11.3. The zero-order chi connectivity index (χ0) is 28.7. The van der Waals surface area contributed by atoms with Crippen LogP contribution < -0.4 is 10.1 Å². The second-order valence-electron chi connectivity index (χ2n) is 11.3. The molecule has 0 aromatic heterocycles. The van der Waals surface area contributed by atoms with E-state index in [1.165, 1.54) is 7.11 Å². The Morgan fingerprint density at radius 2 is 1.70 bits per heavy atom. The molecule has 0 bridgehead atoms. The number of hydrogen-bond acceptors (Lipinski definition) is 6. The van der Waals surface area contributed by atoms with E-state index in [4.69, 9.17) is 14.2 Å². The topological polar surface area (TPSA) is 73.9 Å². The molecule has 1 heterocycles. The average molecular weight is 542 g/mol. The highest BCUT2D eigenvalue weighted by molar-refractivity contribution is 6.10. The van der Waals surface area contributed by atoms with Crippen LogP contribution in [0.5, 0.6) is 5.75 Å². The van der Waals surface area contributed by atoms with Gasteiger partial charge in [-0.25, -0.2) is 0 Å². The van der Waals surface area contributed by atoms with Crippen molar-refractivity contribution in [2.24, 2.45) is 5.92 Å². The Bertz CT molecular complexity index is 1400. The zero-order valence-electron chi connectivity index (χ0n) is 24.2. The van der Waals surface area contributed by atoms with Gasteiger partial charge in [0.25, 0.3) is 0 Å². The number of hydrogen-bond donors (Lipinski definition) is 1. The van der Waals surface area contributed by atoms with E-state index >= 15 is 4.79 Å². The number of Topliss-reactive ketones (excluding diaryl/α,β-unsaturated/α-hetero) is 1. The van der Waals surface area contributed by atoms with Crippen molar-refractivity contribution in [1.29, 1.82) is 0 Å². The Kier molecular flexibility index (Phi) is 7.60. The molecule has 2 aliphatic rings. The SMILES string of the molecule is COC(=O)[C@H]1C(=O)[C@@]2(NCCCC(C)OC)c3c(C)cc(C)cc3O[C@@]2(c2ccc(C)cc2)[C@@H]1c1ccccc1. The van der Waals surface area contributed by atoms with E-state index < -0.39 is 28.9 Å². The lowest BCUT2D eigenvalue weighted by Gasteiger charge is -2.43. The van der Waals surface area contributed by atoms with E-state index in [0.29, 0.717) is 12.3 Å².